The third-order valence-electron chi connectivity index (χ3n) is 3.79. The SMILES string of the molecule is CC(C)Oc1nc(C(N)C(N)c2ccccc2)nc2c1cnn2C. The molecule has 3 rings (SSSR count). The van der Waals surface area contributed by atoms with Crippen LogP contribution >= 0.6 is 0 Å². The highest BCUT2D eigenvalue weighted by Crippen LogP contribution is 2.28. The minimum atomic E-state index is -0.554. The van der Waals surface area contributed by atoms with Gasteiger partial charge in [0.05, 0.1) is 24.4 Å². The number of hydrogen-bond acceptors (Lipinski definition) is 6. The number of nitrogens with two attached hydrogens (primary N) is 2. The molecule has 0 amide bonds. The summed E-state index contributed by atoms with van der Waals surface area (Å²) in [4.78, 5) is 9.06. The van der Waals surface area contributed by atoms with E-state index in [1.165, 1.54) is 0 Å². The Hall–Kier alpha value is -2.51. The second-order valence-corrected chi connectivity index (χ2v) is 6.02. The van der Waals surface area contributed by atoms with Gasteiger partial charge in [-0.2, -0.15) is 10.1 Å². The van der Waals surface area contributed by atoms with E-state index in [2.05, 4.69) is 15.1 Å². The van der Waals surface area contributed by atoms with E-state index < -0.39 is 12.1 Å². The Balaban J connectivity index is 2.03. The van der Waals surface area contributed by atoms with Crippen LogP contribution in [0.15, 0.2) is 36.5 Å². The van der Waals surface area contributed by atoms with E-state index in [1.807, 2.05) is 51.2 Å². The minimum Gasteiger partial charge on any atom is -0.474 e. The van der Waals surface area contributed by atoms with Crippen molar-refractivity contribution in [2.45, 2.75) is 32.0 Å². The van der Waals surface area contributed by atoms with Gasteiger partial charge in [0.15, 0.2) is 11.5 Å². The summed E-state index contributed by atoms with van der Waals surface area (Å²) in [5.74, 6) is 0.923. The normalized spacial score (nSPS) is 14.1. The molecular weight excluding hydrogens is 304 g/mol. The van der Waals surface area contributed by atoms with Crippen LogP contribution in [0.25, 0.3) is 11.0 Å². The molecule has 0 bridgehead atoms. The van der Waals surface area contributed by atoms with E-state index in [4.69, 9.17) is 16.2 Å². The predicted octanol–water partition coefficient (Wildman–Crippen LogP) is 1.85. The lowest BCUT2D eigenvalue weighted by Gasteiger charge is -2.20. The lowest BCUT2D eigenvalue weighted by atomic mass is 10.0. The second kappa shape index (κ2) is 6.54. The Morgan fingerprint density at radius 3 is 2.42 bits per heavy atom. The van der Waals surface area contributed by atoms with Crippen LogP contribution in [0.1, 0.15) is 37.3 Å². The van der Waals surface area contributed by atoms with Crippen molar-refractivity contribution in [3.8, 4) is 5.88 Å². The highest BCUT2D eigenvalue weighted by Gasteiger charge is 2.23. The summed E-state index contributed by atoms with van der Waals surface area (Å²) in [6.07, 6.45) is 1.68. The summed E-state index contributed by atoms with van der Waals surface area (Å²) in [6.45, 7) is 3.89. The number of benzene rings is 1. The minimum absolute atomic E-state index is 0.0184. The molecule has 4 N–H and O–H groups in total. The molecule has 0 aliphatic rings. The first-order chi connectivity index (χ1) is 11.5. The van der Waals surface area contributed by atoms with Crippen LogP contribution in [0.2, 0.25) is 0 Å². The Bertz CT molecular complexity index is 830. The standard InChI is InChI=1S/C17H22N6O/c1-10(2)24-17-12-9-20-23(3)16(12)21-15(22-17)14(19)13(18)11-7-5-4-6-8-11/h4-10,13-14H,18-19H2,1-3H3. The molecule has 0 saturated heterocycles. The molecule has 2 unspecified atom stereocenters. The zero-order chi connectivity index (χ0) is 17.3. The highest BCUT2D eigenvalue weighted by atomic mass is 16.5. The molecule has 2 atom stereocenters. The van der Waals surface area contributed by atoms with Gasteiger partial charge >= 0.3 is 0 Å². The number of aromatic nitrogens is 4. The van der Waals surface area contributed by atoms with Gasteiger partial charge in [-0.25, -0.2) is 4.98 Å². The van der Waals surface area contributed by atoms with Gasteiger partial charge < -0.3 is 16.2 Å². The smallest absolute Gasteiger partial charge is 0.228 e. The molecule has 2 heterocycles. The fraction of sp³-hybridized carbons (Fsp3) is 0.353. The van der Waals surface area contributed by atoms with Crippen molar-refractivity contribution in [1.82, 2.24) is 19.7 Å². The second-order valence-electron chi connectivity index (χ2n) is 6.02. The monoisotopic (exact) mass is 326 g/mol. The predicted molar refractivity (Wildman–Crippen MR) is 92.4 cm³/mol. The van der Waals surface area contributed by atoms with Crippen LogP contribution in [0.5, 0.6) is 5.88 Å². The van der Waals surface area contributed by atoms with Crippen LogP contribution in [-0.2, 0) is 7.05 Å². The van der Waals surface area contributed by atoms with Crippen molar-refractivity contribution in [1.29, 1.82) is 0 Å². The van der Waals surface area contributed by atoms with Crippen molar-refractivity contribution in [2.75, 3.05) is 0 Å². The first-order valence-electron chi connectivity index (χ1n) is 7.89. The number of rotatable bonds is 5. The average molecular weight is 326 g/mol. The van der Waals surface area contributed by atoms with Crippen LogP contribution in [0.4, 0.5) is 0 Å². The summed E-state index contributed by atoms with van der Waals surface area (Å²) in [5, 5.41) is 4.99. The summed E-state index contributed by atoms with van der Waals surface area (Å²) in [5.41, 5.74) is 14.3. The topological polar surface area (TPSA) is 105 Å². The molecular formula is C17H22N6O. The van der Waals surface area contributed by atoms with Crippen molar-refractivity contribution in [2.24, 2.45) is 18.5 Å². The number of nitrogens with zero attached hydrogens (tertiary/aromatic N) is 4. The van der Waals surface area contributed by atoms with Gasteiger partial charge in [-0.05, 0) is 19.4 Å². The molecule has 0 aliphatic carbocycles. The quantitative estimate of drug-likeness (QED) is 0.741. The van der Waals surface area contributed by atoms with Gasteiger partial charge in [0, 0.05) is 7.05 Å². The molecule has 24 heavy (non-hydrogen) atoms. The first kappa shape index (κ1) is 16.4. The van der Waals surface area contributed by atoms with E-state index >= 15 is 0 Å². The summed E-state index contributed by atoms with van der Waals surface area (Å²) in [6, 6.07) is 8.72. The van der Waals surface area contributed by atoms with Crippen molar-refractivity contribution < 1.29 is 4.74 Å². The first-order valence-corrected chi connectivity index (χ1v) is 7.89. The van der Waals surface area contributed by atoms with E-state index in [0.29, 0.717) is 17.4 Å². The third-order valence-corrected chi connectivity index (χ3v) is 3.79. The Morgan fingerprint density at radius 1 is 1.04 bits per heavy atom. The molecule has 0 radical (unpaired) electrons. The Labute approximate surface area is 140 Å². The van der Waals surface area contributed by atoms with E-state index in [1.54, 1.807) is 10.9 Å². The van der Waals surface area contributed by atoms with Crippen molar-refractivity contribution in [3.05, 3.63) is 47.9 Å². The fourth-order valence-electron chi connectivity index (χ4n) is 2.52. The molecule has 0 spiro atoms. The largest absolute Gasteiger partial charge is 0.474 e. The van der Waals surface area contributed by atoms with Gasteiger partial charge in [-0.3, -0.25) is 4.68 Å². The highest BCUT2D eigenvalue weighted by molar-refractivity contribution is 5.80. The maximum absolute atomic E-state index is 6.34. The van der Waals surface area contributed by atoms with Crippen LogP contribution in [0.3, 0.4) is 0 Å². The molecule has 3 aromatic rings. The zero-order valence-corrected chi connectivity index (χ0v) is 14.0. The molecule has 0 fully saturated rings. The van der Waals surface area contributed by atoms with E-state index in [-0.39, 0.29) is 6.10 Å². The molecule has 7 nitrogen and oxygen atoms in total. The molecule has 7 heteroatoms. The fourth-order valence-corrected chi connectivity index (χ4v) is 2.52. The van der Waals surface area contributed by atoms with Crippen molar-refractivity contribution in [3.63, 3.8) is 0 Å². The van der Waals surface area contributed by atoms with Crippen molar-refractivity contribution >= 4 is 11.0 Å². The summed E-state index contributed by atoms with van der Waals surface area (Å²) < 4.78 is 7.49. The average Bonchev–Trinajstić information content (AvgIpc) is 2.95. The number of fused-ring (bicyclic) bond motifs is 1. The Kier molecular flexibility index (Phi) is 4.46. The maximum Gasteiger partial charge on any atom is 0.228 e. The van der Waals surface area contributed by atoms with Crippen LogP contribution in [-0.4, -0.2) is 25.9 Å². The summed E-state index contributed by atoms with van der Waals surface area (Å²) >= 11 is 0. The van der Waals surface area contributed by atoms with Gasteiger partial charge in [-0.15, -0.1) is 0 Å². The van der Waals surface area contributed by atoms with Gasteiger partial charge in [0.2, 0.25) is 5.88 Å². The number of hydrogen-bond donors (Lipinski definition) is 2. The molecule has 126 valence electrons. The van der Waals surface area contributed by atoms with Gasteiger partial charge in [-0.1, -0.05) is 30.3 Å². The van der Waals surface area contributed by atoms with E-state index in [9.17, 15) is 0 Å². The number of aryl methyl sites for hydroxylation is 1. The summed E-state index contributed by atoms with van der Waals surface area (Å²) in [7, 11) is 1.82. The number of ether oxygens (including phenoxy) is 1. The van der Waals surface area contributed by atoms with Gasteiger partial charge in [0.1, 0.15) is 5.39 Å². The zero-order valence-electron chi connectivity index (χ0n) is 14.0. The maximum atomic E-state index is 6.34. The lowest BCUT2D eigenvalue weighted by Crippen LogP contribution is -2.28. The molecule has 1 aromatic carbocycles. The van der Waals surface area contributed by atoms with Crippen LogP contribution < -0.4 is 16.2 Å². The molecule has 2 aromatic heterocycles. The molecule has 0 saturated carbocycles. The van der Waals surface area contributed by atoms with Gasteiger partial charge in [0.25, 0.3) is 0 Å². The Morgan fingerprint density at radius 2 is 1.75 bits per heavy atom. The lowest BCUT2D eigenvalue weighted by molar-refractivity contribution is 0.234. The molecule has 0 aliphatic heterocycles. The van der Waals surface area contributed by atoms with Crippen LogP contribution in [0, 0.1) is 0 Å². The third kappa shape index (κ3) is 3.08. The van der Waals surface area contributed by atoms with E-state index in [0.717, 1.165) is 10.9 Å².